The van der Waals surface area contributed by atoms with Crippen LogP contribution >= 0.6 is 0 Å². The molecule has 16 heavy (non-hydrogen) atoms. The predicted octanol–water partition coefficient (Wildman–Crippen LogP) is 2.48. The maximum atomic E-state index is 5.61. The Bertz CT molecular complexity index is 326. The summed E-state index contributed by atoms with van der Waals surface area (Å²) in [6.45, 7) is 3.62. The monoisotopic (exact) mass is 221 g/mol. The second-order valence-electron chi connectivity index (χ2n) is 4.18. The molecule has 0 amide bonds. The van der Waals surface area contributed by atoms with Crippen LogP contribution in [-0.2, 0) is 0 Å². The van der Waals surface area contributed by atoms with Crippen molar-refractivity contribution >= 4 is 5.95 Å². The Kier molecular flexibility index (Phi) is 3.97. The Labute approximate surface area is 96.4 Å². The minimum atomic E-state index is 0.642. The zero-order valence-electron chi connectivity index (χ0n) is 9.78. The van der Waals surface area contributed by atoms with Crippen molar-refractivity contribution in [2.45, 2.75) is 32.6 Å². The van der Waals surface area contributed by atoms with Crippen LogP contribution in [0.15, 0.2) is 12.3 Å². The number of anilines is 1. The highest BCUT2D eigenvalue weighted by Gasteiger charge is 2.16. The average molecular weight is 221 g/mol. The van der Waals surface area contributed by atoms with E-state index in [9.17, 15) is 0 Å². The Balaban J connectivity index is 1.76. The van der Waals surface area contributed by atoms with Gasteiger partial charge >= 0.3 is 0 Å². The average Bonchev–Trinajstić information content (AvgIpc) is 2.23. The van der Waals surface area contributed by atoms with Gasteiger partial charge in [0.15, 0.2) is 0 Å². The fourth-order valence-electron chi connectivity index (χ4n) is 1.78. The van der Waals surface area contributed by atoms with Crippen LogP contribution in [0.25, 0.3) is 0 Å². The lowest BCUT2D eigenvalue weighted by Gasteiger charge is -2.24. The number of aromatic nitrogens is 2. The minimum Gasteiger partial charge on any atom is -0.478 e. The second-order valence-corrected chi connectivity index (χ2v) is 4.18. The van der Waals surface area contributed by atoms with E-state index in [1.807, 2.05) is 13.0 Å². The summed E-state index contributed by atoms with van der Waals surface area (Å²) in [5, 5.41) is 3.07. The van der Waals surface area contributed by atoms with Crippen molar-refractivity contribution in [3.63, 3.8) is 0 Å². The quantitative estimate of drug-likeness (QED) is 0.801. The Hall–Kier alpha value is -1.32. The van der Waals surface area contributed by atoms with Gasteiger partial charge in [-0.15, -0.1) is 0 Å². The molecule has 0 atom stereocenters. The molecule has 1 fully saturated rings. The lowest BCUT2D eigenvalue weighted by atomic mass is 9.83. The lowest BCUT2D eigenvalue weighted by Crippen LogP contribution is -2.15. The summed E-state index contributed by atoms with van der Waals surface area (Å²) in [4.78, 5) is 8.36. The molecular weight excluding hydrogens is 202 g/mol. The molecule has 2 rings (SSSR count). The highest BCUT2D eigenvalue weighted by molar-refractivity contribution is 5.26. The molecule has 1 heterocycles. The predicted molar refractivity (Wildman–Crippen MR) is 63.6 cm³/mol. The van der Waals surface area contributed by atoms with Crippen molar-refractivity contribution in [2.75, 3.05) is 18.5 Å². The van der Waals surface area contributed by atoms with E-state index in [1.54, 1.807) is 6.20 Å². The van der Waals surface area contributed by atoms with Crippen molar-refractivity contribution in [3.8, 4) is 5.88 Å². The van der Waals surface area contributed by atoms with E-state index >= 15 is 0 Å². The van der Waals surface area contributed by atoms with Crippen LogP contribution in [0.1, 0.15) is 32.6 Å². The molecule has 1 aromatic heterocycles. The molecule has 0 spiro atoms. The molecule has 0 radical (unpaired) electrons. The second kappa shape index (κ2) is 5.68. The molecule has 1 aromatic rings. The molecule has 1 saturated carbocycles. The lowest BCUT2D eigenvalue weighted by molar-refractivity contribution is 0.217. The van der Waals surface area contributed by atoms with Crippen LogP contribution in [0, 0.1) is 5.92 Å². The summed E-state index contributed by atoms with van der Waals surface area (Å²) in [5.74, 6) is 2.20. The van der Waals surface area contributed by atoms with Crippen molar-refractivity contribution in [1.82, 2.24) is 9.97 Å². The highest BCUT2D eigenvalue weighted by atomic mass is 16.5. The SMILES string of the molecule is CCNc1nccc(OCCC2CCC2)n1. The molecule has 0 saturated heterocycles. The van der Waals surface area contributed by atoms with E-state index in [-0.39, 0.29) is 0 Å². The van der Waals surface area contributed by atoms with Crippen LogP contribution in [0.4, 0.5) is 5.95 Å². The van der Waals surface area contributed by atoms with Crippen molar-refractivity contribution < 1.29 is 4.74 Å². The zero-order valence-corrected chi connectivity index (χ0v) is 9.78. The highest BCUT2D eigenvalue weighted by Crippen LogP contribution is 2.29. The number of nitrogens with zero attached hydrogens (tertiary/aromatic N) is 2. The molecule has 1 aliphatic carbocycles. The number of rotatable bonds is 6. The maximum absolute atomic E-state index is 5.61. The fourth-order valence-corrected chi connectivity index (χ4v) is 1.78. The Morgan fingerprint density at radius 3 is 3.06 bits per heavy atom. The third kappa shape index (κ3) is 3.08. The normalized spacial score (nSPS) is 15.6. The van der Waals surface area contributed by atoms with Gasteiger partial charge in [-0.3, -0.25) is 0 Å². The van der Waals surface area contributed by atoms with E-state index in [0.717, 1.165) is 25.5 Å². The molecule has 4 heteroatoms. The van der Waals surface area contributed by atoms with Crippen molar-refractivity contribution in [2.24, 2.45) is 5.92 Å². The zero-order chi connectivity index (χ0) is 11.2. The van der Waals surface area contributed by atoms with Gasteiger partial charge in [0.25, 0.3) is 0 Å². The number of hydrogen-bond donors (Lipinski definition) is 1. The van der Waals surface area contributed by atoms with Crippen LogP contribution in [0.2, 0.25) is 0 Å². The van der Waals surface area contributed by atoms with Crippen LogP contribution in [-0.4, -0.2) is 23.1 Å². The van der Waals surface area contributed by atoms with E-state index < -0.39 is 0 Å². The molecular formula is C12H19N3O. The van der Waals surface area contributed by atoms with E-state index in [0.29, 0.717) is 11.8 Å². The first-order chi connectivity index (χ1) is 7.88. The molecule has 0 unspecified atom stereocenters. The first-order valence-corrected chi connectivity index (χ1v) is 6.08. The van der Waals surface area contributed by atoms with Gasteiger partial charge in [-0.2, -0.15) is 4.98 Å². The van der Waals surface area contributed by atoms with Gasteiger partial charge in [-0.1, -0.05) is 19.3 Å². The molecule has 0 bridgehead atoms. The third-order valence-electron chi connectivity index (χ3n) is 2.97. The van der Waals surface area contributed by atoms with Crippen LogP contribution < -0.4 is 10.1 Å². The molecule has 88 valence electrons. The topological polar surface area (TPSA) is 47.0 Å². The van der Waals surface area contributed by atoms with Crippen LogP contribution in [0.5, 0.6) is 5.88 Å². The summed E-state index contributed by atoms with van der Waals surface area (Å²) >= 11 is 0. The number of nitrogens with one attached hydrogen (secondary N) is 1. The van der Waals surface area contributed by atoms with E-state index in [2.05, 4.69) is 15.3 Å². The van der Waals surface area contributed by atoms with Gasteiger partial charge in [-0.05, 0) is 19.3 Å². The van der Waals surface area contributed by atoms with Gasteiger partial charge < -0.3 is 10.1 Å². The summed E-state index contributed by atoms with van der Waals surface area (Å²) in [7, 11) is 0. The number of hydrogen-bond acceptors (Lipinski definition) is 4. The van der Waals surface area contributed by atoms with Crippen molar-refractivity contribution in [3.05, 3.63) is 12.3 Å². The largest absolute Gasteiger partial charge is 0.478 e. The fraction of sp³-hybridized carbons (Fsp3) is 0.667. The van der Waals surface area contributed by atoms with Crippen LogP contribution in [0.3, 0.4) is 0 Å². The molecule has 4 nitrogen and oxygen atoms in total. The van der Waals surface area contributed by atoms with E-state index in [4.69, 9.17) is 4.74 Å². The van der Waals surface area contributed by atoms with Gasteiger partial charge in [0.2, 0.25) is 11.8 Å². The Morgan fingerprint density at radius 1 is 1.50 bits per heavy atom. The third-order valence-corrected chi connectivity index (χ3v) is 2.97. The van der Waals surface area contributed by atoms with E-state index in [1.165, 1.54) is 19.3 Å². The summed E-state index contributed by atoms with van der Waals surface area (Å²) < 4.78 is 5.61. The number of ether oxygens (including phenoxy) is 1. The summed E-state index contributed by atoms with van der Waals surface area (Å²) in [5.41, 5.74) is 0. The first kappa shape index (κ1) is 11.2. The minimum absolute atomic E-state index is 0.642. The Morgan fingerprint density at radius 2 is 2.38 bits per heavy atom. The van der Waals surface area contributed by atoms with Gasteiger partial charge in [0, 0.05) is 18.8 Å². The first-order valence-electron chi connectivity index (χ1n) is 6.08. The van der Waals surface area contributed by atoms with Gasteiger partial charge in [0.1, 0.15) is 0 Å². The van der Waals surface area contributed by atoms with Gasteiger partial charge in [-0.25, -0.2) is 4.98 Å². The molecule has 1 N–H and O–H groups in total. The van der Waals surface area contributed by atoms with Gasteiger partial charge in [0.05, 0.1) is 6.61 Å². The summed E-state index contributed by atoms with van der Waals surface area (Å²) in [6.07, 6.45) is 7.01. The molecule has 0 aliphatic heterocycles. The smallest absolute Gasteiger partial charge is 0.225 e. The summed E-state index contributed by atoms with van der Waals surface area (Å²) in [6, 6.07) is 1.81. The maximum Gasteiger partial charge on any atom is 0.225 e. The standard InChI is InChI=1S/C12H19N3O/c1-2-13-12-14-8-6-11(15-12)16-9-7-10-4-3-5-10/h6,8,10H,2-5,7,9H2,1H3,(H,13,14,15). The molecule has 0 aromatic carbocycles. The van der Waals surface area contributed by atoms with Crippen molar-refractivity contribution in [1.29, 1.82) is 0 Å². The molecule has 1 aliphatic rings.